The summed E-state index contributed by atoms with van der Waals surface area (Å²) in [5.74, 6) is 0.698. The molecule has 1 amide bonds. The minimum atomic E-state index is -0.184. The molecule has 0 heterocycles. The molecule has 2 rings (SSSR count). The van der Waals surface area contributed by atoms with Crippen LogP contribution in [0.2, 0.25) is 0 Å². The highest BCUT2D eigenvalue weighted by Gasteiger charge is 2.26. The van der Waals surface area contributed by atoms with Crippen molar-refractivity contribution in [2.75, 3.05) is 0 Å². The molecule has 0 saturated heterocycles. The van der Waals surface area contributed by atoms with E-state index in [1.807, 2.05) is 38.1 Å². The van der Waals surface area contributed by atoms with Gasteiger partial charge in [0, 0.05) is 13.0 Å². The number of nitrogens with one attached hydrogen (secondary N) is 1. The van der Waals surface area contributed by atoms with Crippen LogP contribution in [0.1, 0.15) is 88.3 Å². The Bertz CT molecular complexity index is 911. The van der Waals surface area contributed by atoms with E-state index in [1.165, 1.54) is 0 Å². The van der Waals surface area contributed by atoms with Crippen molar-refractivity contribution < 1.29 is 15.0 Å². The zero-order valence-corrected chi connectivity index (χ0v) is 20.4. The molecule has 4 heteroatoms. The van der Waals surface area contributed by atoms with Gasteiger partial charge in [-0.05, 0) is 64.0 Å². The number of rotatable bonds is 6. The molecule has 0 unspecified atom stereocenters. The SMILES string of the molecule is CCc1cc(CNC(=O)CCc2cc(C(C)(C)C)c(O)c(C(C)(C)C)c2)cc(C)c1O. The number of phenols is 2. The highest BCUT2D eigenvalue weighted by Crippen LogP contribution is 2.40. The van der Waals surface area contributed by atoms with Gasteiger partial charge in [-0.15, -0.1) is 0 Å². The minimum Gasteiger partial charge on any atom is -0.507 e. The van der Waals surface area contributed by atoms with Crippen molar-refractivity contribution in [1.29, 1.82) is 0 Å². The summed E-state index contributed by atoms with van der Waals surface area (Å²) < 4.78 is 0. The van der Waals surface area contributed by atoms with Crippen LogP contribution in [0.3, 0.4) is 0 Å². The van der Waals surface area contributed by atoms with Gasteiger partial charge in [-0.1, -0.05) is 72.7 Å². The van der Waals surface area contributed by atoms with Crippen LogP contribution in [-0.2, 0) is 35.0 Å². The maximum atomic E-state index is 12.5. The molecule has 0 saturated carbocycles. The van der Waals surface area contributed by atoms with Crippen LogP contribution in [0.15, 0.2) is 24.3 Å². The summed E-state index contributed by atoms with van der Waals surface area (Å²) in [7, 11) is 0. The van der Waals surface area contributed by atoms with E-state index in [4.69, 9.17) is 0 Å². The van der Waals surface area contributed by atoms with E-state index in [0.29, 0.717) is 30.9 Å². The lowest BCUT2D eigenvalue weighted by Gasteiger charge is -2.28. The van der Waals surface area contributed by atoms with Crippen LogP contribution in [-0.4, -0.2) is 16.1 Å². The quantitative estimate of drug-likeness (QED) is 0.547. The van der Waals surface area contributed by atoms with Crippen LogP contribution in [0.25, 0.3) is 0 Å². The van der Waals surface area contributed by atoms with E-state index in [0.717, 1.165) is 39.8 Å². The number of carbonyl (C=O) groups is 1. The Labute approximate surface area is 187 Å². The number of amides is 1. The predicted molar refractivity (Wildman–Crippen MR) is 128 cm³/mol. The van der Waals surface area contributed by atoms with Crippen molar-refractivity contribution in [3.05, 3.63) is 57.6 Å². The molecule has 0 atom stereocenters. The molecule has 0 aliphatic carbocycles. The van der Waals surface area contributed by atoms with Gasteiger partial charge in [0.15, 0.2) is 0 Å². The second kappa shape index (κ2) is 9.33. The third kappa shape index (κ3) is 6.25. The fourth-order valence-corrected chi connectivity index (χ4v) is 3.83. The first-order valence-electron chi connectivity index (χ1n) is 11.2. The second-order valence-corrected chi connectivity index (χ2v) is 10.6. The van der Waals surface area contributed by atoms with E-state index in [2.05, 4.69) is 46.9 Å². The number of carbonyl (C=O) groups excluding carboxylic acids is 1. The molecule has 2 aromatic rings. The first kappa shape index (κ1) is 24.8. The van der Waals surface area contributed by atoms with Crippen LogP contribution in [0.4, 0.5) is 0 Å². The third-order valence-electron chi connectivity index (χ3n) is 5.74. The molecule has 0 fully saturated rings. The summed E-state index contributed by atoms with van der Waals surface area (Å²) in [6.07, 6.45) is 1.75. The van der Waals surface area contributed by atoms with Crippen LogP contribution in [0, 0.1) is 6.92 Å². The van der Waals surface area contributed by atoms with Gasteiger partial charge in [0.1, 0.15) is 11.5 Å². The second-order valence-electron chi connectivity index (χ2n) is 10.6. The van der Waals surface area contributed by atoms with Gasteiger partial charge in [-0.2, -0.15) is 0 Å². The van der Waals surface area contributed by atoms with Crippen LogP contribution < -0.4 is 5.32 Å². The Kier molecular flexibility index (Phi) is 7.46. The first-order valence-corrected chi connectivity index (χ1v) is 11.2. The molecule has 0 aromatic heterocycles. The molecular weight excluding hydrogens is 386 g/mol. The Morgan fingerprint density at radius 2 is 1.42 bits per heavy atom. The molecule has 0 spiro atoms. The first-order chi connectivity index (χ1) is 14.2. The highest BCUT2D eigenvalue weighted by molar-refractivity contribution is 5.76. The largest absolute Gasteiger partial charge is 0.507 e. The fourth-order valence-electron chi connectivity index (χ4n) is 3.83. The lowest BCUT2D eigenvalue weighted by atomic mass is 9.78. The number of aryl methyl sites for hydroxylation is 3. The highest BCUT2D eigenvalue weighted by atomic mass is 16.3. The lowest BCUT2D eigenvalue weighted by molar-refractivity contribution is -0.121. The zero-order valence-electron chi connectivity index (χ0n) is 20.4. The van der Waals surface area contributed by atoms with Gasteiger partial charge in [0.05, 0.1) is 0 Å². The number of aromatic hydroxyl groups is 2. The van der Waals surface area contributed by atoms with Gasteiger partial charge < -0.3 is 15.5 Å². The maximum absolute atomic E-state index is 12.5. The maximum Gasteiger partial charge on any atom is 0.220 e. The van der Waals surface area contributed by atoms with Crippen molar-refractivity contribution in [3.8, 4) is 11.5 Å². The molecule has 31 heavy (non-hydrogen) atoms. The molecule has 0 radical (unpaired) electrons. The Morgan fingerprint density at radius 1 is 0.871 bits per heavy atom. The molecular formula is C27H39NO3. The summed E-state index contributed by atoms with van der Waals surface area (Å²) in [5.41, 5.74) is 5.26. The third-order valence-corrected chi connectivity index (χ3v) is 5.74. The summed E-state index contributed by atoms with van der Waals surface area (Å²) >= 11 is 0. The van der Waals surface area contributed by atoms with E-state index in [1.54, 1.807) is 0 Å². The monoisotopic (exact) mass is 425 g/mol. The van der Waals surface area contributed by atoms with E-state index < -0.39 is 0 Å². The summed E-state index contributed by atoms with van der Waals surface area (Å²) in [6, 6.07) is 7.94. The van der Waals surface area contributed by atoms with Crippen molar-refractivity contribution in [3.63, 3.8) is 0 Å². The zero-order chi connectivity index (χ0) is 23.6. The van der Waals surface area contributed by atoms with Crippen molar-refractivity contribution in [1.82, 2.24) is 5.32 Å². The molecule has 4 nitrogen and oxygen atoms in total. The normalized spacial score (nSPS) is 12.1. The van der Waals surface area contributed by atoms with Crippen LogP contribution >= 0.6 is 0 Å². The van der Waals surface area contributed by atoms with Gasteiger partial charge in [-0.3, -0.25) is 4.79 Å². The molecule has 0 aliphatic heterocycles. The van der Waals surface area contributed by atoms with Gasteiger partial charge in [-0.25, -0.2) is 0 Å². The van der Waals surface area contributed by atoms with Gasteiger partial charge >= 0.3 is 0 Å². The smallest absolute Gasteiger partial charge is 0.220 e. The average Bonchev–Trinajstić information content (AvgIpc) is 2.66. The fraction of sp³-hybridized carbons (Fsp3) is 0.519. The number of hydrogen-bond donors (Lipinski definition) is 3. The summed E-state index contributed by atoms with van der Waals surface area (Å²) in [5, 5.41) is 23.9. The standard InChI is InChI=1S/C27H39NO3/c1-9-20-13-19(12-17(2)24(20)30)16-28-23(29)11-10-18-14-21(26(3,4)5)25(31)22(15-18)27(6,7)8/h12-15,30-31H,9-11,16H2,1-8H3,(H,28,29). The average molecular weight is 426 g/mol. The van der Waals surface area contributed by atoms with Gasteiger partial charge in [0.25, 0.3) is 0 Å². The summed E-state index contributed by atoms with van der Waals surface area (Å²) in [4.78, 5) is 12.5. The molecule has 2 aromatic carbocycles. The topological polar surface area (TPSA) is 69.6 Å². The Balaban J connectivity index is 2.12. The number of phenolic OH excluding ortho intramolecular Hbond substituents is 2. The van der Waals surface area contributed by atoms with Gasteiger partial charge in [0.2, 0.25) is 5.91 Å². The Morgan fingerprint density at radius 3 is 1.90 bits per heavy atom. The molecule has 0 aliphatic rings. The Hall–Kier alpha value is -2.49. The van der Waals surface area contributed by atoms with Crippen molar-refractivity contribution in [2.45, 2.75) is 92.0 Å². The molecule has 170 valence electrons. The van der Waals surface area contributed by atoms with Crippen molar-refractivity contribution in [2.24, 2.45) is 0 Å². The van der Waals surface area contributed by atoms with E-state index in [9.17, 15) is 15.0 Å². The summed E-state index contributed by atoms with van der Waals surface area (Å²) in [6.45, 7) is 16.9. The molecule has 3 N–H and O–H groups in total. The predicted octanol–water partition coefficient (Wildman–Crippen LogP) is 5.81. The lowest BCUT2D eigenvalue weighted by Crippen LogP contribution is -2.23. The number of benzene rings is 2. The van der Waals surface area contributed by atoms with Crippen LogP contribution in [0.5, 0.6) is 11.5 Å². The minimum absolute atomic E-state index is 0.00790. The molecule has 0 bridgehead atoms. The van der Waals surface area contributed by atoms with E-state index in [-0.39, 0.29) is 16.7 Å². The number of hydrogen-bond acceptors (Lipinski definition) is 3. The van der Waals surface area contributed by atoms with E-state index >= 15 is 0 Å². The van der Waals surface area contributed by atoms with Crippen molar-refractivity contribution >= 4 is 5.91 Å².